The van der Waals surface area contributed by atoms with Crippen LogP contribution in [0.3, 0.4) is 0 Å². The lowest BCUT2D eigenvalue weighted by molar-refractivity contribution is 0.974. The summed E-state index contributed by atoms with van der Waals surface area (Å²) in [6.07, 6.45) is 5.83. The number of rotatable bonds is 3. The first-order valence-electron chi connectivity index (χ1n) is 5.47. The van der Waals surface area contributed by atoms with Crippen LogP contribution in [-0.4, -0.2) is 15.0 Å². The zero-order chi connectivity index (χ0) is 12.3. The van der Waals surface area contributed by atoms with E-state index in [1.54, 1.807) is 12.4 Å². The van der Waals surface area contributed by atoms with Gasteiger partial charge in [0.05, 0.1) is 0 Å². The third-order valence-electron chi connectivity index (χ3n) is 2.63. The molecular formula is C12H14N4O. The molecule has 5 nitrogen and oxygen atoms in total. The van der Waals surface area contributed by atoms with Crippen LogP contribution in [0.25, 0.3) is 11.4 Å². The van der Waals surface area contributed by atoms with Gasteiger partial charge < -0.3 is 10.7 Å². The number of nitrogens with zero attached hydrogens (tertiary/aromatic N) is 2. The Morgan fingerprint density at radius 3 is 2.82 bits per heavy atom. The fourth-order valence-corrected chi connectivity index (χ4v) is 1.64. The molecule has 2 aromatic rings. The summed E-state index contributed by atoms with van der Waals surface area (Å²) < 4.78 is 0. The summed E-state index contributed by atoms with van der Waals surface area (Å²) in [6, 6.07) is 1.85. The average molecular weight is 230 g/mol. The number of H-pyrrole nitrogens is 1. The van der Waals surface area contributed by atoms with Crippen molar-refractivity contribution >= 4 is 0 Å². The molecule has 88 valence electrons. The van der Waals surface area contributed by atoms with E-state index < -0.39 is 0 Å². The van der Waals surface area contributed by atoms with Gasteiger partial charge in [-0.1, -0.05) is 6.92 Å². The van der Waals surface area contributed by atoms with E-state index in [1.165, 1.54) is 6.20 Å². The fraction of sp³-hybridized carbons (Fsp3) is 0.250. The quantitative estimate of drug-likeness (QED) is 0.818. The van der Waals surface area contributed by atoms with Crippen molar-refractivity contribution in [2.75, 3.05) is 0 Å². The first-order valence-corrected chi connectivity index (χ1v) is 5.47. The van der Waals surface area contributed by atoms with Crippen molar-refractivity contribution in [1.82, 2.24) is 15.0 Å². The second kappa shape index (κ2) is 4.88. The molecule has 2 rings (SSSR count). The molecule has 0 aliphatic heterocycles. The number of pyridine rings is 1. The van der Waals surface area contributed by atoms with Crippen LogP contribution in [0.2, 0.25) is 0 Å². The van der Waals surface area contributed by atoms with E-state index in [0.717, 1.165) is 17.5 Å². The normalized spacial score (nSPS) is 10.5. The van der Waals surface area contributed by atoms with E-state index in [4.69, 9.17) is 5.73 Å². The van der Waals surface area contributed by atoms with Crippen molar-refractivity contribution in [2.45, 2.75) is 19.9 Å². The van der Waals surface area contributed by atoms with Crippen molar-refractivity contribution in [3.8, 4) is 11.4 Å². The number of hydrogen-bond acceptors (Lipinski definition) is 4. The summed E-state index contributed by atoms with van der Waals surface area (Å²) in [5.74, 6) is 0.562. The van der Waals surface area contributed by atoms with Crippen LogP contribution >= 0.6 is 0 Å². The van der Waals surface area contributed by atoms with Crippen LogP contribution in [0, 0.1) is 0 Å². The van der Waals surface area contributed by atoms with Gasteiger partial charge in [0.1, 0.15) is 5.82 Å². The third-order valence-corrected chi connectivity index (χ3v) is 2.63. The maximum absolute atomic E-state index is 11.7. The largest absolute Gasteiger partial charge is 0.326 e. The Bertz CT molecular complexity index is 577. The highest BCUT2D eigenvalue weighted by molar-refractivity contribution is 5.58. The zero-order valence-electron chi connectivity index (χ0n) is 9.60. The molecule has 0 radical (unpaired) electrons. The molecule has 17 heavy (non-hydrogen) atoms. The molecular weight excluding hydrogens is 216 g/mol. The number of hydrogen-bond donors (Lipinski definition) is 2. The Hall–Kier alpha value is -2.01. The standard InChI is InChI=1S/C12H14N4O/c1-2-8-6-14-4-3-10(8)11-15-7-9(5-13)12(17)16-11/h3-4,6-7H,2,5,13H2,1H3,(H,15,16,17). The molecule has 0 bridgehead atoms. The topological polar surface area (TPSA) is 84.7 Å². The summed E-state index contributed by atoms with van der Waals surface area (Å²) >= 11 is 0. The van der Waals surface area contributed by atoms with Gasteiger partial charge in [0.2, 0.25) is 0 Å². The number of nitrogens with two attached hydrogens (primary N) is 1. The lowest BCUT2D eigenvalue weighted by atomic mass is 10.1. The molecule has 0 atom stereocenters. The van der Waals surface area contributed by atoms with Gasteiger partial charge in [-0.15, -0.1) is 0 Å². The summed E-state index contributed by atoms with van der Waals surface area (Å²) in [4.78, 5) is 22.7. The van der Waals surface area contributed by atoms with Gasteiger partial charge in [-0.2, -0.15) is 0 Å². The number of aromatic nitrogens is 3. The van der Waals surface area contributed by atoms with E-state index in [1.807, 2.05) is 13.0 Å². The van der Waals surface area contributed by atoms with Crippen LogP contribution in [0.5, 0.6) is 0 Å². The monoisotopic (exact) mass is 230 g/mol. The van der Waals surface area contributed by atoms with Crippen LogP contribution in [0.1, 0.15) is 18.1 Å². The molecule has 0 aliphatic carbocycles. The number of nitrogens with one attached hydrogen (secondary N) is 1. The van der Waals surface area contributed by atoms with Crippen LogP contribution in [0.15, 0.2) is 29.5 Å². The molecule has 2 aromatic heterocycles. The van der Waals surface area contributed by atoms with Gasteiger partial charge in [0, 0.05) is 36.3 Å². The molecule has 0 saturated carbocycles. The highest BCUT2D eigenvalue weighted by atomic mass is 16.1. The second-order valence-electron chi connectivity index (χ2n) is 3.68. The van der Waals surface area contributed by atoms with Gasteiger partial charge in [-0.25, -0.2) is 4.98 Å². The molecule has 5 heteroatoms. The molecule has 0 spiro atoms. The van der Waals surface area contributed by atoms with Crippen LogP contribution < -0.4 is 11.3 Å². The van der Waals surface area contributed by atoms with Crippen molar-refractivity contribution in [2.24, 2.45) is 5.73 Å². The van der Waals surface area contributed by atoms with Crippen LogP contribution in [0.4, 0.5) is 0 Å². The molecule has 0 fully saturated rings. The summed E-state index contributed by atoms with van der Waals surface area (Å²) in [5.41, 5.74) is 7.69. The first-order chi connectivity index (χ1) is 8.26. The Labute approximate surface area is 98.7 Å². The van der Waals surface area contributed by atoms with Crippen molar-refractivity contribution < 1.29 is 0 Å². The Kier molecular flexibility index (Phi) is 3.30. The smallest absolute Gasteiger partial charge is 0.255 e. The van der Waals surface area contributed by atoms with Gasteiger partial charge in [-0.05, 0) is 18.1 Å². The molecule has 2 heterocycles. The second-order valence-corrected chi connectivity index (χ2v) is 3.68. The molecule has 0 aliphatic rings. The maximum Gasteiger partial charge on any atom is 0.255 e. The van der Waals surface area contributed by atoms with Crippen molar-refractivity contribution in [3.05, 3.63) is 46.1 Å². The molecule has 0 saturated heterocycles. The SMILES string of the molecule is CCc1cnccc1-c1ncc(CN)c(=O)[nH]1. The summed E-state index contributed by atoms with van der Waals surface area (Å²) in [7, 11) is 0. The number of aromatic amines is 1. The summed E-state index contributed by atoms with van der Waals surface area (Å²) in [6.45, 7) is 2.23. The lowest BCUT2D eigenvalue weighted by Crippen LogP contribution is -2.17. The Balaban J connectivity index is 2.53. The van der Waals surface area contributed by atoms with Crippen molar-refractivity contribution in [3.63, 3.8) is 0 Å². The predicted octanol–water partition coefficient (Wildman–Crippen LogP) is 0.853. The zero-order valence-corrected chi connectivity index (χ0v) is 9.60. The molecule has 0 aromatic carbocycles. The van der Waals surface area contributed by atoms with E-state index in [0.29, 0.717) is 11.4 Å². The van der Waals surface area contributed by atoms with E-state index >= 15 is 0 Å². The summed E-state index contributed by atoms with van der Waals surface area (Å²) in [5, 5.41) is 0. The van der Waals surface area contributed by atoms with Crippen LogP contribution in [-0.2, 0) is 13.0 Å². The van der Waals surface area contributed by atoms with Gasteiger partial charge in [0.15, 0.2) is 0 Å². The molecule has 3 N–H and O–H groups in total. The van der Waals surface area contributed by atoms with E-state index in [9.17, 15) is 4.79 Å². The molecule has 0 amide bonds. The first kappa shape index (κ1) is 11.5. The maximum atomic E-state index is 11.7. The Morgan fingerprint density at radius 2 is 2.18 bits per heavy atom. The predicted molar refractivity (Wildman–Crippen MR) is 65.4 cm³/mol. The minimum atomic E-state index is -0.184. The number of aryl methyl sites for hydroxylation is 1. The van der Waals surface area contributed by atoms with E-state index in [2.05, 4.69) is 15.0 Å². The molecule has 0 unspecified atom stereocenters. The average Bonchev–Trinajstić information content (AvgIpc) is 2.38. The Morgan fingerprint density at radius 1 is 1.35 bits per heavy atom. The highest BCUT2D eigenvalue weighted by Crippen LogP contribution is 2.18. The third kappa shape index (κ3) is 2.24. The van der Waals surface area contributed by atoms with Gasteiger partial charge >= 0.3 is 0 Å². The minimum absolute atomic E-state index is 0.184. The van der Waals surface area contributed by atoms with Crippen molar-refractivity contribution in [1.29, 1.82) is 0 Å². The fourth-order valence-electron chi connectivity index (χ4n) is 1.64. The van der Waals surface area contributed by atoms with E-state index in [-0.39, 0.29) is 12.1 Å². The minimum Gasteiger partial charge on any atom is -0.326 e. The van der Waals surface area contributed by atoms with Gasteiger partial charge in [0.25, 0.3) is 5.56 Å². The van der Waals surface area contributed by atoms with Gasteiger partial charge in [-0.3, -0.25) is 9.78 Å². The highest BCUT2D eigenvalue weighted by Gasteiger charge is 2.07. The lowest BCUT2D eigenvalue weighted by Gasteiger charge is -2.06.